The minimum atomic E-state index is -0.0401. The molecular formula is C14H27ClN2O. The van der Waals surface area contributed by atoms with Gasteiger partial charge in [-0.15, -0.1) is 12.4 Å². The molecule has 0 spiro atoms. The highest BCUT2D eigenvalue weighted by Crippen LogP contribution is 2.39. The smallest absolute Gasteiger partial charge is 0.228 e. The van der Waals surface area contributed by atoms with Crippen molar-refractivity contribution in [3.8, 4) is 0 Å². The predicted molar refractivity (Wildman–Crippen MR) is 77.1 cm³/mol. The van der Waals surface area contributed by atoms with E-state index >= 15 is 0 Å². The zero-order valence-electron chi connectivity index (χ0n) is 11.7. The molecule has 1 atom stereocenters. The van der Waals surface area contributed by atoms with Gasteiger partial charge >= 0.3 is 0 Å². The fraction of sp³-hybridized carbons (Fsp3) is 0.929. The highest BCUT2D eigenvalue weighted by atomic mass is 35.5. The molecule has 0 aromatic heterocycles. The van der Waals surface area contributed by atoms with Gasteiger partial charge in [0, 0.05) is 18.5 Å². The number of likely N-dealkylation sites (tertiary alicyclic amines) is 1. The first-order valence-corrected chi connectivity index (χ1v) is 7.10. The topological polar surface area (TPSA) is 32.3 Å². The summed E-state index contributed by atoms with van der Waals surface area (Å²) in [4.78, 5) is 14.7. The molecule has 0 aromatic rings. The summed E-state index contributed by atoms with van der Waals surface area (Å²) in [5.74, 6) is 1.08. The molecule has 4 heteroatoms. The second kappa shape index (κ2) is 6.76. The van der Waals surface area contributed by atoms with Gasteiger partial charge in [-0.05, 0) is 45.2 Å². The maximum absolute atomic E-state index is 12.6. The maximum Gasteiger partial charge on any atom is 0.228 e. The zero-order chi connectivity index (χ0) is 12.3. The number of halogens is 1. The number of nitrogens with zero attached hydrogens (tertiary/aromatic N) is 1. The van der Waals surface area contributed by atoms with E-state index in [-0.39, 0.29) is 17.8 Å². The second-order valence-electron chi connectivity index (χ2n) is 6.08. The number of hydrogen-bond acceptors (Lipinski definition) is 2. The molecule has 106 valence electrons. The van der Waals surface area contributed by atoms with E-state index in [1.54, 1.807) is 0 Å². The fourth-order valence-corrected chi connectivity index (χ4v) is 3.46. The third kappa shape index (κ3) is 3.39. The minimum absolute atomic E-state index is 0. The van der Waals surface area contributed by atoms with Crippen molar-refractivity contribution in [2.75, 3.05) is 26.7 Å². The number of hydrogen-bond donors (Lipinski definition) is 1. The van der Waals surface area contributed by atoms with Crippen molar-refractivity contribution in [2.45, 2.75) is 45.4 Å². The third-order valence-electron chi connectivity index (χ3n) is 4.52. The standard InChI is InChI=1S/C14H26N2O.ClH/c1-14(7-3-4-8-14)13(17)16-9-5-6-12(11-16)10-15-2;/h12,15H,3-11H2,1-2H3;1H. The van der Waals surface area contributed by atoms with Crippen molar-refractivity contribution in [3.63, 3.8) is 0 Å². The molecule has 3 nitrogen and oxygen atoms in total. The highest BCUT2D eigenvalue weighted by Gasteiger charge is 2.40. The zero-order valence-corrected chi connectivity index (χ0v) is 12.5. The van der Waals surface area contributed by atoms with E-state index < -0.39 is 0 Å². The SMILES string of the molecule is CNCC1CCCN(C(=O)C2(C)CCCC2)C1.Cl. The van der Waals surface area contributed by atoms with E-state index in [1.165, 1.54) is 25.7 Å². The molecule has 1 N–H and O–H groups in total. The minimum Gasteiger partial charge on any atom is -0.342 e. The monoisotopic (exact) mass is 274 g/mol. The summed E-state index contributed by atoms with van der Waals surface area (Å²) in [5.41, 5.74) is -0.0401. The summed E-state index contributed by atoms with van der Waals surface area (Å²) in [6, 6.07) is 0. The number of carbonyl (C=O) groups is 1. The van der Waals surface area contributed by atoms with Crippen LogP contribution in [0.15, 0.2) is 0 Å². The summed E-state index contributed by atoms with van der Waals surface area (Å²) in [7, 11) is 2.00. The van der Waals surface area contributed by atoms with Crippen LogP contribution in [0, 0.1) is 11.3 Å². The maximum atomic E-state index is 12.6. The molecule has 1 saturated heterocycles. The second-order valence-corrected chi connectivity index (χ2v) is 6.08. The van der Waals surface area contributed by atoms with Gasteiger partial charge in [0.15, 0.2) is 0 Å². The normalized spacial score (nSPS) is 26.8. The van der Waals surface area contributed by atoms with Crippen LogP contribution in [0.1, 0.15) is 45.4 Å². The first-order valence-electron chi connectivity index (χ1n) is 7.10. The van der Waals surface area contributed by atoms with Crippen LogP contribution in [0.4, 0.5) is 0 Å². The van der Waals surface area contributed by atoms with Crippen LogP contribution in [-0.2, 0) is 4.79 Å². The van der Waals surface area contributed by atoms with Crippen LogP contribution < -0.4 is 5.32 Å². The van der Waals surface area contributed by atoms with E-state index in [1.807, 2.05) is 7.05 Å². The molecule has 18 heavy (non-hydrogen) atoms. The van der Waals surface area contributed by atoms with Crippen LogP contribution in [-0.4, -0.2) is 37.5 Å². The summed E-state index contributed by atoms with van der Waals surface area (Å²) < 4.78 is 0. The lowest BCUT2D eigenvalue weighted by Gasteiger charge is -2.37. The van der Waals surface area contributed by atoms with Crippen LogP contribution in [0.3, 0.4) is 0 Å². The number of nitrogens with one attached hydrogen (secondary N) is 1. The Morgan fingerprint density at radius 1 is 1.33 bits per heavy atom. The Balaban J connectivity index is 0.00000162. The van der Waals surface area contributed by atoms with Gasteiger partial charge in [-0.1, -0.05) is 19.8 Å². The first-order chi connectivity index (χ1) is 8.15. The van der Waals surface area contributed by atoms with Crippen LogP contribution in [0.25, 0.3) is 0 Å². The Morgan fingerprint density at radius 2 is 2.00 bits per heavy atom. The Kier molecular flexibility index (Phi) is 5.93. The fourth-order valence-electron chi connectivity index (χ4n) is 3.46. The number of piperidine rings is 1. The van der Waals surface area contributed by atoms with E-state index in [9.17, 15) is 4.79 Å². The Labute approximate surface area is 117 Å². The average molecular weight is 275 g/mol. The Morgan fingerprint density at radius 3 is 2.61 bits per heavy atom. The molecule has 0 bridgehead atoms. The van der Waals surface area contributed by atoms with Gasteiger partial charge in [0.05, 0.1) is 0 Å². The lowest BCUT2D eigenvalue weighted by Crippen LogP contribution is -2.47. The number of rotatable bonds is 3. The van der Waals surface area contributed by atoms with Gasteiger partial charge < -0.3 is 10.2 Å². The van der Waals surface area contributed by atoms with E-state index in [4.69, 9.17) is 0 Å². The van der Waals surface area contributed by atoms with E-state index in [2.05, 4.69) is 17.1 Å². The van der Waals surface area contributed by atoms with Gasteiger partial charge in [0.2, 0.25) is 5.91 Å². The van der Waals surface area contributed by atoms with Crippen molar-refractivity contribution in [1.29, 1.82) is 0 Å². The van der Waals surface area contributed by atoms with Crippen molar-refractivity contribution in [3.05, 3.63) is 0 Å². The molecule has 1 amide bonds. The summed E-state index contributed by atoms with van der Waals surface area (Å²) in [5, 5.41) is 3.24. The van der Waals surface area contributed by atoms with Crippen molar-refractivity contribution in [2.24, 2.45) is 11.3 Å². The van der Waals surface area contributed by atoms with Crippen LogP contribution >= 0.6 is 12.4 Å². The van der Waals surface area contributed by atoms with Gasteiger partial charge in [0.25, 0.3) is 0 Å². The van der Waals surface area contributed by atoms with Gasteiger partial charge in [0.1, 0.15) is 0 Å². The molecular weight excluding hydrogens is 248 g/mol. The molecule has 2 fully saturated rings. The van der Waals surface area contributed by atoms with Crippen molar-refractivity contribution in [1.82, 2.24) is 10.2 Å². The molecule has 2 rings (SSSR count). The quantitative estimate of drug-likeness (QED) is 0.857. The number of carbonyl (C=O) groups excluding carboxylic acids is 1. The molecule has 0 radical (unpaired) electrons. The Bertz CT molecular complexity index is 275. The molecule has 2 aliphatic rings. The van der Waals surface area contributed by atoms with Gasteiger partial charge in [-0.25, -0.2) is 0 Å². The lowest BCUT2D eigenvalue weighted by atomic mass is 9.85. The van der Waals surface area contributed by atoms with Gasteiger partial charge in [-0.2, -0.15) is 0 Å². The summed E-state index contributed by atoms with van der Waals surface area (Å²) in [6.07, 6.45) is 7.10. The molecule has 1 unspecified atom stereocenters. The third-order valence-corrected chi connectivity index (χ3v) is 4.52. The van der Waals surface area contributed by atoms with Gasteiger partial charge in [-0.3, -0.25) is 4.79 Å². The van der Waals surface area contributed by atoms with Crippen molar-refractivity contribution < 1.29 is 4.79 Å². The summed E-state index contributed by atoms with van der Waals surface area (Å²) in [6.45, 7) is 5.16. The van der Waals surface area contributed by atoms with E-state index in [0.717, 1.165) is 32.5 Å². The highest BCUT2D eigenvalue weighted by molar-refractivity contribution is 5.85. The lowest BCUT2D eigenvalue weighted by molar-refractivity contribution is -0.142. The molecule has 0 aromatic carbocycles. The predicted octanol–water partition coefficient (Wildman–Crippen LogP) is 2.45. The molecule has 1 saturated carbocycles. The molecule has 1 heterocycles. The largest absolute Gasteiger partial charge is 0.342 e. The molecule has 1 aliphatic carbocycles. The Hall–Kier alpha value is -0.280. The van der Waals surface area contributed by atoms with Crippen LogP contribution in [0.5, 0.6) is 0 Å². The van der Waals surface area contributed by atoms with Crippen LogP contribution in [0.2, 0.25) is 0 Å². The van der Waals surface area contributed by atoms with Crippen molar-refractivity contribution >= 4 is 18.3 Å². The average Bonchev–Trinajstić information content (AvgIpc) is 2.77. The first kappa shape index (κ1) is 15.8. The number of amides is 1. The molecule has 1 aliphatic heterocycles. The van der Waals surface area contributed by atoms with E-state index in [0.29, 0.717) is 11.8 Å². The summed E-state index contributed by atoms with van der Waals surface area (Å²) >= 11 is 0.